The molecule has 1 rings (SSSR count). The number of hydrogen-bond donors (Lipinski definition) is 1. The lowest BCUT2D eigenvalue weighted by Crippen LogP contribution is -2.46. The van der Waals surface area contributed by atoms with Crippen LogP contribution < -0.4 is 5.73 Å². The number of thiocarbonyl (C=S) groups is 1. The first kappa shape index (κ1) is 14.9. The number of rotatable bonds is 6. The fraction of sp³-hybridized carbons (Fsp3) is 0.750. The van der Waals surface area contributed by atoms with E-state index < -0.39 is 5.41 Å². The van der Waals surface area contributed by atoms with Crippen LogP contribution in [0.2, 0.25) is 0 Å². The van der Waals surface area contributed by atoms with Gasteiger partial charge in [0.1, 0.15) is 0 Å². The molecule has 2 N–H and O–H groups in total. The molecule has 1 fully saturated rings. The van der Waals surface area contributed by atoms with Crippen molar-refractivity contribution in [3.8, 4) is 0 Å². The SMILES string of the molecule is CCN(CC)C(=O)CN(C)C(=O)C1(C(N)=S)CC1. The summed E-state index contributed by atoms with van der Waals surface area (Å²) in [5, 5.41) is 0. The van der Waals surface area contributed by atoms with Crippen LogP contribution in [-0.2, 0) is 9.59 Å². The molecule has 0 atom stereocenters. The number of nitrogens with two attached hydrogens (primary N) is 1. The van der Waals surface area contributed by atoms with Crippen LogP contribution in [0, 0.1) is 5.41 Å². The minimum atomic E-state index is -0.673. The van der Waals surface area contributed by atoms with Crippen molar-refractivity contribution in [3.05, 3.63) is 0 Å². The summed E-state index contributed by atoms with van der Waals surface area (Å²) in [5.74, 6) is -0.176. The lowest BCUT2D eigenvalue weighted by Gasteiger charge is -2.25. The maximum absolute atomic E-state index is 12.2. The van der Waals surface area contributed by atoms with E-state index in [-0.39, 0.29) is 23.3 Å². The second-order valence-corrected chi connectivity index (χ2v) is 5.11. The lowest BCUT2D eigenvalue weighted by molar-refractivity contribution is -0.140. The Bertz CT molecular complexity index is 362. The summed E-state index contributed by atoms with van der Waals surface area (Å²) in [7, 11) is 1.63. The van der Waals surface area contributed by atoms with Gasteiger partial charge in [0.15, 0.2) is 0 Å². The minimum Gasteiger partial charge on any atom is -0.392 e. The Balaban J connectivity index is 2.61. The molecule has 1 saturated carbocycles. The van der Waals surface area contributed by atoms with Gasteiger partial charge < -0.3 is 15.5 Å². The van der Waals surface area contributed by atoms with Gasteiger partial charge in [-0.2, -0.15) is 0 Å². The Morgan fingerprint density at radius 3 is 2.11 bits per heavy atom. The van der Waals surface area contributed by atoms with Gasteiger partial charge in [-0.1, -0.05) is 12.2 Å². The van der Waals surface area contributed by atoms with Crippen molar-refractivity contribution in [2.45, 2.75) is 26.7 Å². The molecule has 6 heteroatoms. The Hall–Kier alpha value is -1.17. The molecule has 1 aliphatic rings. The molecule has 0 aliphatic heterocycles. The number of carbonyl (C=O) groups is 2. The second kappa shape index (κ2) is 5.65. The Morgan fingerprint density at radius 1 is 1.28 bits per heavy atom. The quantitative estimate of drug-likeness (QED) is 0.709. The van der Waals surface area contributed by atoms with Crippen LogP contribution in [-0.4, -0.2) is 53.3 Å². The first-order valence-electron chi connectivity index (χ1n) is 6.22. The van der Waals surface area contributed by atoms with Crippen LogP contribution in [0.15, 0.2) is 0 Å². The number of hydrogen-bond acceptors (Lipinski definition) is 3. The highest BCUT2D eigenvalue weighted by molar-refractivity contribution is 7.80. The van der Waals surface area contributed by atoms with Gasteiger partial charge in [0.2, 0.25) is 11.8 Å². The van der Waals surface area contributed by atoms with Crippen LogP contribution >= 0.6 is 12.2 Å². The zero-order valence-corrected chi connectivity index (χ0v) is 12.0. The van der Waals surface area contributed by atoms with E-state index in [0.717, 1.165) is 0 Å². The molecule has 18 heavy (non-hydrogen) atoms. The predicted molar refractivity (Wildman–Crippen MR) is 74.0 cm³/mol. The van der Waals surface area contributed by atoms with Crippen molar-refractivity contribution in [2.75, 3.05) is 26.7 Å². The lowest BCUT2D eigenvalue weighted by atomic mass is 10.1. The smallest absolute Gasteiger partial charge is 0.242 e. The maximum atomic E-state index is 12.2. The van der Waals surface area contributed by atoms with E-state index in [1.54, 1.807) is 11.9 Å². The first-order chi connectivity index (χ1) is 8.39. The van der Waals surface area contributed by atoms with E-state index >= 15 is 0 Å². The summed E-state index contributed by atoms with van der Waals surface area (Å²) < 4.78 is 0. The zero-order valence-electron chi connectivity index (χ0n) is 11.2. The molecule has 2 amide bonds. The van der Waals surface area contributed by atoms with Gasteiger partial charge in [-0.3, -0.25) is 9.59 Å². The van der Waals surface area contributed by atoms with E-state index in [4.69, 9.17) is 18.0 Å². The van der Waals surface area contributed by atoms with Crippen LogP contribution in [0.5, 0.6) is 0 Å². The summed E-state index contributed by atoms with van der Waals surface area (Å²) in [6, 6.07) is 0. The Labute approximate surface area is 113 Å². The molecular weight excluding hydrogens is 250 g/mol. The molecule has 0 saturated heterocycles. The molecule has 0 aromatic heterocycles. The topological polar surface area (TPSA) is 66.6 Å². The van der Waals surface area contributed by atoms with Gasteiger partial charge in [-0.25, -0.2) is 0 Å². The van der Waals surface area contributed by atoms with E-state index in [1.165, 1.54) is 4.90 Å². The second-order valence-electron chi connectivity index (χ2n) is 4.67. The molecule has 1 aliphatic carbocycles. The standard InChI is InChI=1S/C12H21N3O2S/c1-4-15(5-2)9(16)8-14(3)11(17)12(6-7-12)10(13)18/h4-8H2,1-3H3,(H2,13,18). The molecule has 102 valence electrons. The molecule has 0 spiro atoms. The fourth-order valence-corrected chi connectivity index (χ4v) is 2.30. The largest absolute Gasteiger partial charge is 0.392 e. The Kier molecular flexibility index (Phi) is 4.67. The van der Waals surface area contributed by atoms with Crippen molar-refractivity contribution in [3.63, 3.8) is 0 Å². The highest BCUT2D eigenvalue weighted by Gasteiger charge is 2.54. The van der Waals surface area contributed by atoms with E-state index in [2.05, 4.69) is 0 Å². The highest BCUT2D eigenvalue weighted by atomic mass is 32.1. The summed E-state index contributed by atoms with van der Waals surface area (Å²) in [4.78, 5) is 27.5. The van der Waals surface area contributed by atoms with Crippen molar-refractivity contribution in [2.24, 2.45) is 11.1 Å². The highest BCUT2D eigenvalue weighted by Crippen LogP contribution is 2.47. The summed E-state index contributed by atoms with van der Waals surface area (Å²) in [6.07, 6.45) is 1.40. The molecule has 0 heterocycles. The number of carbonyl (C=O) groups excluding carboxylic acids is 2. The van der Waals surface area contributed by atoms with E-state index in [0.29, 0.717) is 25.9 Å². The molecule has 0 radical (unpaired) electrons. The minimum absolute atomic E-state index is 0.0467. The third-order valence-corrected chi connectivity index (χ3v) is 3.86. The van der Waals surface area contributed by atoms with Gasteiger partial charge >= 0.3 is 0 Å². The average molecular weight is 271 g/mol. The monoisotopic (exact) mass is 271 g/mol. The predicted octanol–water partition coefficient (Wildman–Crippen LogP) is 0.380. The van der Waals surface area contributed by atoms with Gasteiger partial charge in [-0.15, -0.1) is 0 Å². The number of amides is 2. The zero-order chi connectivity index (χ0) is 13.9. The van der Waals surface area contributed by atoms with Crippen LogP contribution in [0.3, 0.4) is 0 Å². The summed E-state index contributed by atoms with van der Waals surface area (Å²) in [5.41, 5.74) is 4.93. The van der Waals surface area contributed by atoms with Crippen molar-refractivity contribution in [1.29, 1.82) is 0 Å². The maximum Gasteiger partial charge on any atom is 0.242 e. The van der Waals surface area contributed by atoms with Gasteiger partial charge in [0.05, 0.1) is 16.9 Å². The third kappa shape index (κ3) is 2.80. The van der Waals surface area contributed by atoms with Crippen molar-refractivity contribution < 1.29 is 9.59 Å². The summed E-state index contributed by atoms with van der Waals surface area (Å²) >= 11 is 4.94. The molecule has 0 aromatic carbocycles. The Morgan fingerprint density at radius 2 is 1.78 bits per heavy atom. The summed E-state index contributed by atoms with van der Waals surface area (Å²) in [6.45, 7) is 5.22. The average Bonchev–Trinajstić information content (AvgIpc) is 3.10. The molecule has 0 unspecified atom stereocenters. The molecule has 0 aromatic rings. The van der Waals surface area contributed by atoms with E-state index in [9.17, 15) is 9.59 Å². The number of likely N-dealkylation sites (N-methyl/N-ethyl adjacent to an activating group) is 2. The third-order valence-electron chi connectivity index (χ3n) is 3.47. The van der Waals surface area contributed by atoms with Crippen LogP contribution in [0.4, 0.5) is 0 Å². The molecule has 5 nitrogen and oxygen atoms in total. The van der Waals surface area contributed by atoms with Crippen molar-refractivity contribution >= 4 is 29.0 Å². The molecular formula is C12H21N3O2S. The molecule has 0 bridgehead atoms. The van der Waals surface area contributed by atoms with Gasteiger partial charge in [0.25, 0.3) is 0 Å². The van der Waals surface area contributed by atoms with Gasteiger partial charge in [0, 0.05) is 20.1 Å². The van der Waals surface area contributed by atoms with E-state index in [1.807, 2.05) is 13.8 Å². The normalized spacial score (nSPS) is 15.9. The van der Waals surface area contributed by atoms with Gasteiger partial charge in [-0.05, 0) is 26.7 Å². The van der Waals surface area contributed by atoms with Crippen LogP contribution in [0.1, 0.15) is 26.7 Å². The first-order valence-corrected chi connectivity index (χ1v) is 6.63. The fourth-order valence-electron chi connectivity index (χ4n) is 2.01. The van der Waals surface area contributed by atoms with Crippen molar-refractivity contribution in [1.82, 2.24) is 9.80 Å². The van der Waals surface area contributed by atoms with Crippen LogP contribution in [0.25, 0.3) is 0 Å². The number of nitrogens with zero attached hydrogens (tertiary/aromatic N) is 2.